The summed E-state index contributed by atoms with van der Waals surface area (Å²) in [6.45, 7) is 11.3. The molecule has 0 unspecified atom stereocenters. The van der Waals surface area contributed by atoms with Gasteiger partial charge in [-0.25, -0.2) is 4.79 Å². The van der Waals surface area contributed by atoms with E-state index in [9.17, 15) is 9.90 Å². The summed E-state index contributed by atoms with van der Waals surface area (Å²) in [5.41, 5.74) is 6.28. The summed E-state index contributed by atoms with van der Waals surface area (Å²) in [7, 11) is 0. The third kappa shape index (κ3) is 5.34. The number of anilines is 1. The summed E-state index contributed by atoms with van der Waals surface area (Å²) in [4.78, 5) is 14.4. The average Bonchev–Trinajstić information content (AvgIpc) is 3.01. The molecule has 0 aliphatic rings. The van der Waals surface area contributed by atoms with Crippen LogP contribution < -0.4 is 10.2 Å². The van der Waals surface area contributed by atoms with Crippen molar-refractivity contribution in [1.82, 2.24) is 9.88 Å². The molecule has 3 rings (SSSR count). The van der Waals surface area contributed by atoms with Gasteiger partial charge in [0.2, 0.25) is 0 Å². The highest BCUT2D eigenvalue weighted by atomic mass is 35.5. The quantitative estimate of drug-likeness (QED) is 0.383. The van der Waals surface area contributed by atoms with E-state index in [1.54, 1.807) is 0 Å². The Bertz CT molecular complexity index is 1070. The van der Waals surface area contributed by atoms with Crippen LogP contribution in [-0.4, -0.2) is 35.3 Å². The first kappa shape index (κ1) is 23.9. The largest absolute Gasteiger partial charge is 0.478 e. The van der Waals surface area contributed by atoms with Crippen LogP contribution in [0.4, 0.5) is 5.69 Å². The van der Waals surface area contributed by atoms with Crippen LogP contribution >= 0.6 is 11.6 Å². The lowest BCUT2D eigenvalue weighted by Gasteiger charge is -2.23. The van der Waals surface area contributed by atoms with Crippen molar-refractivity contribution in [2.24, 2.45) is 0 Å². The van der Waals surface area contributed by atoms with Crippen molar-refractivity contribution < 1.29 is 9.90 Å². The molecule has 0 spiro atoms. The highest BCUT2D eigenvalue weighted by Gasteiger charge is 2.23. The van der Waals surface area contributed by atoms with E-state index in [0.717, 1.165) is 48.7 Å². The van der Waals surface area contributed by atoms with Gasteiger partial charge in [0, 0.05) is 53.0 Å². The molecule has 5 nitrogen and oxygen atoms in total. The second-order valence-electron chi connectivity index (χ2n) is 8.09. The van der Waals surface area contributed by atoms with Gasteiger partial charge in [-0.3, -0.25) is 0 Å². The number of carbonyl (C=O) groups is 1. The van der Waals surface area contributed by atoms with Crippen LogP contribution in [0.2, 0.25) is 5.02 Å². The van der Waals surface area contributed by atoms with E-state index < -0.39 is 5.97 Å². The smallest absolute Gasteiger partial charge is 0.337 e. The first-order valence-corrected chi connectivity index (χ1v) is 11.4. The van der Waals surface area contributed by atoms with Crippen molar-refractivity contribution in [3.05, 3.63) is 81.6 Å². The number of nitrogens with zero attached hydrogens (tertiary/aromatic N) is 2. The maximum absolute atomic E-state index is 12.0. The SMILES string of the molecule is CCN(CCCNCc1c(C(=O)O)c(C)n(-c2ccc(Cl)cc2)c1C)c1cccc(C)c1. The number of halogens is 1. The van der Waals surface area contributed by atoms with Gasteiger partial charge in [0.15, 0.2) is 0 Å². The fraction of sp³-hybridized carbons (Fsp3) is 0.346. The third-order valence-electron chi connectivity index (χ3n) is 5.90. The molecule has 170 valence electrons. The van der Waals surface area contributed by atoms with Crippen molar-refractivity contribution in [2.45, 2.75) is 40.7 Å². The normalized spacial score (nSPS) is 11.0. The van der Waals surface area contributed by atoms with Gasteiger partial charge in [0.25, 0.3) is 0 Å². The summed E-state index contributed by atoms with van der Waals surface area (Å²) in [5.74, 6) is -0.897. The van der Waals surface area contributed by atoms with E-state index in [0.29, 0.717) is 17.1 Å². The second-order valence-corrected chi connectivity index (χ2v) is 8.53. The molecule has 32 heavy (non-hydrogen) atoms. The minimum absolute atomic E-state index is 0.375. The van der Waals surface area contributed by atoms with Crippen LogP contribution in [0.25, 0.3) is 5.69 Å². The van der Waals surface area contributed by atoms with Gasteiger partial charge in [-0.2, -0.15) is 0 Å². The fourth-order valence-electron chi connectivity index (χ4n) is 4.28. The standard InChI is InChI=1S/C26H32ClN3O2/c1-5-29(23-9-6-8-18(2)16-23)15-7-14-28-17-24-19(3)30(20(4)25(24)26(31)32)22-12-10-21(27)11-13-22/h6,8-13,16,28H,5,7,14-15,17H2,1-4H3,(H,31,32). The molecule has 1 aromatic heterocycles. The Morgan fingerprint density at radius 2 is 1.81 bits per heavy atom. The van der Waals surface area contributed by atoms with Gasteiger partial charge in [-0.1, -0.05) is 23.7 Å². The first-order valence-electron chi connectivity index (χ1n) is 11.1. The van der Waals surface area contributed by atoms with Crippen molar-refractivity contribution in [3.8, 4) is 5.69 Å². The molecule has 0 bridgehead atoms. The second kappa shape index (κ2) is 10.7. The van der Waals surface area contributed by atoms with Gasteiger partial charge in [-0.05, 0) is 82.6 Å². The summed E-state index contributed by atoms with van der Waals surface area (Å²) in [6.07, 6.45) is 0.972. The Kier molecular flexibility index (Phi) is 7.99. The van der Waals surface area contributed by atoms with Crippen molar-refractivity contribution in [2.75, 3.05) is 24.5 Å². The third-order valence-corrected chi connectivity index (χ3v) is 6.15. The number of carboxylic acid groups (broad SMARTS) is 1. The van der Waals surface area contributed by atoms with Crippen molar-refractivity contribution >= 4 is 23.3 Å². The molecule has 0 saturated carbocycles. The number of aromatic carboxylic acids is 1. The van der Waals surface area contributed by atoms with Crippen LogP contribution in [0.5, 0.6) is 0 Å². The van der Waals surface area contributed by atoms with Crippen LogP contribution in [0.15, 0.2) is 48.5 Å². The zero-order valence-electron chi connectivity index (χ0n) is 19.3. The zero-order chi connectivity index (χ0) is 23.3. The molecule has 0 aliphatic heterocycles. The predicted molar refractivity (Wildman–Crippen MR) is 133 cm³/mol. The van der Waals surface area contributed by atoms with Crippen LogP contribution in [0, 0.1) is 20.8 Å². The summed E-state index contributed by atoms with van der Waals surface area (Å²) in [6, 6.07) is 16.0. The van der Waals surface area contributed by atoms with Crippen LogP contribution in [0.1, 0.15) is 46.2 Å². The lowest BCUT2D eigenvalue weighted by atomic mass is 10.1. The summed E-state index contributed by atoms with van der Waals surface area (Å²) in [5, 5.41) is 14.0. The van der Waals surface area contributed by atoms with E-state index >= 15 is 0 Å². The van der Waals surface area contributed by atoms with Gasteiger partial charge in [0.1, 0.15) is 0 Å². The number of aromatic nitrogens is 1. The Labute approximate surface area is 195 Å². The molecular formula is C26H32ClN3O2. The molecule has 0 radical (unpaired) electrons. The molecule has 2 aromatic carbocycles. The van der Waals surface area contributed by atoms with Crippen molar-refractivity contribution in [3.63, 3.8) is 0 Å². The van der Waals surface area contributed by atoms with E-state index in [2.05, 4.69) is 48.3 Å². The average molecular weight is 454 g/mol. The number of nitrogens with one attached hydrogen (secondary N) is 1. The highest BCUT2D eigenvalue weighted by molar-refractivity contribution is 6.30. The number of hydrogen-bond donors (Lipinski definition) is 2. The minimum Gasteiger partial charge on any atom is -0.478 e. The number of aryl methyl sites for hydroxylation is 1. The molecule has 0 atom stereocenters. The molecule has 6 heteroatoms. The lowest BCUT2D eigenvalue weighted by molar-refractivity contribution is 0.0695. The van der Waals surface area contributed by atoms with Crippen LogP contribution in [-0.2, 0) is 6.54 Å². The molecule has 0 fully saturated rings. The van der Waals surface area contributed by atoms with Crippen LogP contribution in [0.3, 0.4) is 0 Å². The molecule has 0 aliphatic carbocycles. The maximum Gasteiger partial charge on any atom is 0.337 e. The highest BCUT2D eigenvalue weighted by Crippen LogP contribution is 2.27. The first-order chi connectivity index (χ1) is 15.3. The van der Waals surface area contributed by atoms with Crippen molar-refractivity contribution in [1.29, 1.82) is 0 Å². The van der Waals surface area contributed by atoms with E-state index in [4.69, 9.17) is 11.6 Å². The Morgan fingerprint density at radius 1 is 1.09 bits per heavy atom. The number of hydrogen-bond acceptors (Lipinski definition) is 3. The molecule has 2 N–H and O–H groups in total. The summed E-state index contributed by atoms with van der Waals surface area (Å²) < 4.78 is 1.99. The molecule has 0 amide bonds. The minimum atomic E-state index is -0.897. The molecule has 1 heterocycles. The topological polar surface area (TPSA) is 57.5 Å². The van der Waals surface area contributed by atoms with E-state index in [1.807, 2.05) is 42.7 Å². The Balaban J connectivity index is 1.67. The molecule has 0 saturated heterocycles. The maximum atomic E-state index is 12.0. The predicted octanol–water partition coefficient (Wildman–Crippen LogP) is 5.76. The fourth-order valence-corrected chi connectivity index (χ4v) is 4.40. The Morgan fingerprint density at radius 3 is 2.44 bits per heavy atom. The Hall–Kier alpha value is -2.76. The van der Waals surface area contributed by atoms with Gasteiger partial charge >= 0.3 is 5.97 Å². The van der Waals surface area contributed by atoms with Gasteiger partial charge < -0.3 is 19.9 Å². The molecule has 3 aromatic rings. The number of rotatable bonds is 10. The zero-order valence-corrected chi connectivity index (χ0v) is 20.0. The summed E-state index contributed by atoms with van der Waals surface area (Å²) >= 11 is 6.03. The van der Waals surface area contributed by atoms with Gasteiger partial charge in [-0.15, -0.1) is 0 Å². The lowest BCUT2D eigenvalue weighted by Crippen LogP contribution is -2.27. The monoisotopic (exact) mass is 453 g/mol. The van der Waals surface area contributed by atoms with E-state index in [-0.39, 0.29) is 0 Å². The number of benzene rings is 2. The van der Waals surface area contributed by atoms with E-state index in [1.165, 1.54) is 11.3 Å². The number of carboxylic acids is 1. The van der Waals surface area contributed by atoms with Gasteiger partial charge in [0.05, 0.1) is 5.56 Å². The molecular weight excluding hydrogens is 422 g/mol.